The molecule has 0 aliphatic carbocycles. The van der Waals surface area contributed by atoms with Gasteiger partial charge in [0.2, 0.25) is 0 Å². The van der Waals surface area contributed by atoms with Crippen molar-refractivity contribution in [3.63, 3.8) is 0 Å². The predicted molar refractivity (Wildman–Crippen MR) is 147 cm³/mol. The highest BCUT2D eigenvalue weighted by atomic mass is 127. The van der Waals surface area contributed by atoms with Crippen molar-refractivity contribution in [3.8, 4) is 11.3 Å². The first kappa shape index (κ1) is 31.9. The van der Waals surface area contributed by atoms with Gasteiger partial charge in [-0.1, -0.05) is 18.2 Å². The molecule has 1 aliphatic heterocycles. The van der Waals surface area contributed by atoms with Crippen LogP contribution in [0, 0.1) is 0 Å². The van der Waals surface area contributed by atoms with Gasteiger partial charge in [0.25, 0.3) is 6.73 Å². The number of hydrogen-bond acceptors (Lipinski definition) is 6. The zero-order valence-electron chi connectivity index (χ0n) is 23.8. The summed E-state index contributed by atoms with van der Waals surface area (Å²) in [6.07, 6.45) is 4.46. The summed E-state index contributed by atoms with van der Waals surface area (Å²) in [6, 6.07) is 12.6. The van der Waals surface area contributed by atoms with Gasteiger partial charge in [-0.15, -0.1) is 0 Å². The molecule has 2 amide bonds. The van der Waals surface area contributed by atoms with Crippen LogP contribution in [0.3, 0.4) is 0 Å². The summed E-state index contributed by atoms with van der Waals surface area (Å²) < 4.78 is 20.6. The summed E-state index contributed by atoms with van der Waals surface area (Å²) in [6.45, 7) is 8.43. The number of amides is 2. The van der Waals surface area contributed by atoms with Crippen molar-refractivity contribution in [2.75, 3.05) is 0 Å². The van der Waals surface area contributed by atoms with Crippen molar-refractivity contribution < 1.29 is 57.1 Å². The number of ether oxygens (including phenoxy) is 3. The summed E-state index contributed by atoms with van der Waals surface area (Å²) in [4.78, 5) is 36.9. The van der Waals surface area contributed by atoms with Crippen LogP contribution in [-0.4, -0.2) is 34.8 Å². The van der Waals surface area contributed by atoms with E-state index in [-0.39, 0.29) is 56.0 Å². The molecule has 0 unspecified atom stereocenters. The van der Waals surface area contributed by atoms with Gasteiger partial charge in [0.1, 0.15) is 13.2 Å². The van der Waals surface area contributed by atoms with Gasteiger partial charge < -0.3 is 53.4 Å². The van der Waals surface area contributed by atoms with Crippen LogP contribution in [0.1, 0.15) is 61.3 Å². The fraction of sp³-hybridized carbons (Fsp3) is 0.400. The number of benzene rings is 1. The van der Waals surface area contributed by atoms with Crippen molar-refractivity contribution in [2.24, 2.45) is 0 Å². The average Bonchev–Trinajstić information content (AvgIpc) is 3.50. The summed E-state index contributed by atoms with van der Waals surface area (Å²) in [5.41, 5.74) is 5.06. The Morgan fingerprint density at radius 1 is 0.854 bits per heavy atom. The van der Waals surface area contributed by atoms with Crippen molar-refractivity contribution in [3.05, 3.63) is 77.2 Å². The molecule has 0 fully saturated rings. The lowest BCUT2D eigenvalue weighted by Crippen LogP contribution is -3.00. The van der Waals surface area contributed by atoms with Crippen molar-refractivity contribution >= 4 is 18.2 Å². The molecule has 0 bridgehead atoms. The molecule has 11 heteroatoms. The smallest absolute Gasteiger partial charge is 0.407 e. The number of nitrogens with zero attached hydrogens (tertiary/aromatic N) is 2. The molecule has 10 nitrogen and oxygen atoms in total. The normalized spacial score (nSPS) is 12.0. The van der Waals surface area contributed by atoms with E-state index in [4.69, 9.17) is 14.2 Å². The second-order valence-corrected chi connectivity index (χ2v) is 10.3. The van der Waals surface area contributed by atoms with Gasteiger partial charge in [-0.25, -0.2) is 14.4 Å². The molecule has 220 valence electrons. The lowest BCUT2D eigenvalue weighted by molar-refractivity contribution is -0.727. The van der Waals surface area contributed by atoms with Crippen LogP contribution in [0.5, 0.6) is 0 Å². The van der Waals surface area contributed by atoms with Crippen molar-refractivity contribution in [2.45, 2.75) is 79.1 Å². The Balaban J connectivity index is 0.00000462. The van der Waals surface area contributed by atoms with Gasteiger partial charge in [0.05, 0.1) is 11.3 Å². The number of nitrogens with one attached hydrogen (secondary N) is 2. The van der Waals surface area contributed by atoms with Gasteiger partial charge in [-0.3, -0.25) is 0 Å². The average molecular weight is 677 g/mol. The highest BCUT2D eigenvalue weighted by Gasteiger charge is 2.28. The van der Waals surface area contributed by atoms with E-state index in [0.29, 0.717) is 5.56 Å². The minimum absolute atomic E-state index is 0. The number of alkyl carbamates (subject to hydrolysis) is 2. The zero-order valence-corrected chi connectivity index (χ0v) is 26.0. The molecular weight excluding hydrogens is 639 g/mol. The largest absolute Gasteiger partial charge is 1.00 e. The van der Waals surface area contributed by atoms with E-state index in [1.807, 2.05) is 58.3 Å². The van der Waals surface area contributed by atoms with Crippen molar-refractivity contribution in [1.82, 2.24) is 15.2 Å². The lowest BCUT2D eigenvalue weighted by atomic mass is 10.0. The maximum atomic E-state index is 12.3. The van der Waals surface area contributed by atoms with Crippen LogP contribution in [0.25, 0.3) is 11.3 Å². The summed E-state index contributed by atoms with van der Waals surface area (Å²) in [5, 5.41) is 5.49. The van der Waals surface area contributed by atoms with Gasteiger partial charge in [-0.05, 0) is 52.7 Å². The number of aromatic nitrogens is 2. The number of carbonyl (C=O) groups is 3. The molecule has 4 rings (SSSR count). The molecule has 3 heterocycles. The molecule has 41 heavy (non-hydrogen) atoms. The molecule has 3 aromatic rings. The van der Waals surface area contributed by atoms with Crippen LogP contribution >= 0.6 is 0 Å². The van der Waals surface area contributed by atoms with E-state index >= 15 is 0 Å². The molecule has 2 N–H and O–H groups in total. The van der Waals surface area contributed by atoms with Crippen LogP contribution in [-0.2, 0) is 47.1 Å². The first-order chi connectivity index (χ1) is 19.2. The number of halogens is 1. The van der Waals surface area contributed by atoms with E-state index in [0.717, 1.165) is 47.5 Å². The second-order valence-electron chi connectivity index (χ2n) is 10.3. The SMILES string of the molecule is CC(C)NC(=O)OCc1c(COC(=O)NC(C)C)c(-c2cc[n+](COC(=O)c3ccccc3)cc2)n2c1CCC2.[I-]. The number of carbonyl (C=O) groups excluding carboxylic acids is 3. The van der Waals surface area contributed by atoms with Crippen LogP contribution in [0.4, 0.5) is 9.59 Å². The number of fused-ring (bicyclic) bond motifs is 1. The summed E-state index contributed by atoms with van der Waals surface area (Å²) in [5.74, 6) is -0.396. The number of pyridine rings is 1. The Morgan fingerprint density at radius 3 is 2.02 bits per heavy atom. The lowest BCUT2D eigenvalue weighted by Gasteiger charge is -2.14. The maximum Gasteiger partial charge on any atom is 0.407 e. The Kier molecular flexibility index (Phi) is 11.6. The zero-order chi connectivity index (χ0) is 28.6. The number of esters is 1. The van der Waals surface area contributed by atoms with Crippen LogP contribution < -0.4 is 39.2 Å². The standard InChI is InChI=1S/C30H36N4O6.HI/c1-20(2)31-29(36)38-17-24-25(18-39-30(37)32-21(3)4)27(34-14-8-11-26(24)34)22-12-15-33(16-13-22)19-40-28(35)23-9-6-5-7-10-23;/h5-7,9-10,12-13,15-16,20-21H,8,11,14,17-19H2,1-4H3,(H-,31,32,36,37);1H. The number of hydrogen-bond donors (Lipinski definition) is 2. The van der Waals surface area contributed by atoms with Crippen LogP contribution in [0.2, 0.25) is 0 Å². The van der Waals surface area contributed by atoms with Crippen LogP contribution in [0.15, 0.2) is 54.9 Å². The fourth-order valence-corrected chi connectivity index (χ4v) is 4.69. The van der Waals surface area contributed by atoms with E-state index in [1.54, 1.807) is 28.8 Å². The summed E-state index contributed by atoms with van der Waals surface area (Å²) >= 11 is 0. The molecule has 0 saturated carbocycles. The minimum Gasteiger partial charge on any atom is -1.00 e. The molecule has 0 atom stereocenters. The third-order valence-corrected chi connectivity index (χ3v) is 6.42. The van der Waals surface area contributed by atoms with Crippen molar-refractivity contribution in [1.29, 1.82) is 0 Å². The maximum absolute atomic E-state index is 12.3. The fourth-order valence-electron chi connectivity index (χ4n) is 4.69. The molecule has 2 aromatic heterocycles. The van der Waals surface area contributed by atoms with Gasteiger partial charge in [0.15, 0.2) is 12.4 Å². The molecule has 1 aliphatic rings. The third-order valence-electron chi connectivity index (χ3n) is 6.42. The Hall–Kier alpha value is -3.61. The molecular formula is C30H37IN4O6. The molecule has 1 aromatic carbocycles. The topological polar surface area (TPSA) is 112 Å². The Labute approximate surface area is 257 Å². The van der Waals surface area contributed by atoms with E-state index in [2.05, 4.69) is 15.2 Å². The quantitative estimate of drug-likeness (QED) is 0.146. The first-order valence-electron chi connectivity index (χ1n) is 13.5. The first-order valence-corrected chi connectivity index (χ1v) is 13.5. The monoisotopic (exact) mass is 676 g/mol. The Bertz CT molecular complexity index is 1340. The molecule has 0 radical (unpaired) electrons. The predicted octanol–water partition coefficient (Wildman–Crippen LogP) is 1.48. The second kappa shape index (κ2) is 14.9. The Morgan fingerprint density at radius 2 is 1.44 bits per heavy atom. The van der Waals surface area contributed by atoms with E-state index < -0.39 is 18.2 Å². The third kappa shape index (κ3) is 8.44. The van der Waals surface area contributed by atoms with E-state index in [1.165, 1.54) is 0 Å². The van der Waals surface area contributed by atoms with Gasteiger partial charge in [-0.2, -0.15) is 4.57 Å². The molecule has 0 spiro atoms. The van der Waals surface area contributed by atoms with Gasteiger partial charge in [0, 0.05) is 53.1 Å². The highest BCUT2D eigenvalue weighted by Crippen LogP contribution is 2.36. The number of rotatable bonds is 10. The molecule has 0 saturated heterocycles. The van der Waals surface area contributed by atoms with E-state index in [9.17, 15) is 14.4 Å². The highest BCUT2D eigenvalue weighted by molar-refractivity contribution is 5.89. The van der Waals surface area contributed by atoms with Gasteiger partial charge >= 0.3 is 18.2 Å². The minimum atomic E-state index is -0.511. The summed E-state index contributed by atoms with van der Waals surface area (Å²) in [7, 11) is 0.